The average Bonchev–Trinajstić information content (AvgIpc) is 2.98. The molecule has 3 aromatic carbocycles. The van der Waals surface area contributed by atoms with E-state index < -0.39 is 15.7 Å². The van der Waals surface area contributed by atoms with Crippen LogP contribution in [0.15, 0.2) is 85.8 Å². The fourth-order valence-electron chi connectivity index (χ4n) is 3.37. The van der Waals surface area contributed by atoms with E-state index in [0.717, 1.165) is 4.47 Å². The molecule has 0 saturated heterocycles. The summed E-state index contributed by atoms with van der Waals surface area (Å²) < 4.78 is 30.4. The van der Waals surface area contributed by atoms with E-state index in [4.69, 9.17) is 0 Å². The number of carbonyl (C=O) groups excluding carboxylic acids is 1. The smallest absolute Gasteiger partial charge is 0.321 e. The van der Waals surface area contributed by atoms with E-state index in [1.54, 1.807) is 56.6 Å². The highest BCUT2D eigenvalue weighted by Crippen LogP contribution is 2.32. The molecule has 0 aliphatic carbocycles. The van der Waals surface area contributed by atoms with Gasteiger partial charge in [0.05, 0.1) is 26.5 Å². The van der Waals surface area contributed by atoms with Crippen molar-refractivity contribution in [1.82, 2.24) is 9.13 Å². The van der Waals surface area contributed by atoms with Crippen molar-refractivity contribution < 1.29 is 13.2 Å². The quantitative estimate of drug-likeness (QED) is 0.463. The highest BCUT2D eigenvalue weighted by molar-refractivity contribution is 9.10. The maximum absolute atomic E-state index is 13.4. The van der Waals surface area contributed by atoms with Gasteiger partial charge in [-0.25, -0.2) is 13.2 Å². The van der Waals surface area contributed by atoms with Crippen LogP contribution in [0.25, 0.3) is 11.0 Å². The summed E-state index contributed by atoms with van der Waals surface area (Å²) in [5.41, 5.74) is 1.13. The number of halogens is 1. The number of nitrogens with one attached hydrogen (secondary N) is 1. The molecule has 0 aliphatic heterocycles. The first-order valence-corrected chi connectivity index (χ1v) is 11.5. The van der Waals surface area contributed by atoms with Crippen LogP contribution in [0, 0.1) is 0 Å². The molecule has 31 heavy (non-hydrogen) atoms. The van der Waals surface area contributed by atoms with Gasteiger partial charge in [-0.1, -0.05) is 34.1 Å². The lowest BCUT2D eigenvalue weighted by molar-refractivity contribution is 0.102. The van der Waals surface area contributed by atoms with Crippen molar-refractivity contribution in [2.45, 2.75) is 9.79 Å². The molecule has 1 amide bonds. The topological polar surface area (TPSA) is 90.2 Å². The van der Waals surface area contributed by atoms with Gasteiger partial charge in [0.1, 0.15) is 0 Å². The zero-order valence-electron chi connectivity index (χ0n) is 16.7. The molecule has 9 heteroatoms. The Bertz CT molecular complexity index is 1470. The summed E-state index contributed by atoms with van der Waals surface area (Å²) in [6, 6.07) is 17.6. The normalized spacial score (nSPS) is 11.6. The highest BCUT2D eigenvalue weighted by Gasteiger charge is 2.25. The zero-order chi connectivity index (χ0) is 22.3. The van der Waals surface area contributed by atoms with E-state index in [1.807, 2.05) is 0 Å². The molecule has 1 heterocycles. The molecule has 1 N–H and O–H groups in total. The third kappa shape index (κ3) is 3.70. The number of hydrogen-bond donors (Lipinski definition) is 1. The third-order valence-corrected chi connectivity index (χ3v) is 7.41. The van der Waals surface area contributed by atoms with Crippen molar-refractivity contribution in [3.05, 3.63) is 87.3 Å². The molecular formula is C22H18BrN3O4S. The first kappa shape index (κ1) is 21.1. The molecule has 0 atom stereocenters. The van der Waals surface area contributed by atoms with Crippen LogP contribution in [0.4, 0.5) is 5.69 Å². The standard InChI is InChI=1S/C22H18BrN3O4S/c1-25-18-12-17(24-21(27)14-8-10-15(23)11-9-14)20(13-19(18)26(2)22(25)28)31(29,30)16-6-4-3-5-7-16/h3-13H,1-2H3,(H,24,27). The van der Waals surface area contributed by atoms with Crippen molar-refractivity contribution in [3.63, 3.8) is 0 Å². The lowest BCUT2D eigenvalue weighted by Crippen LogP contribution is -2.19. The molecule has 0 radical (unpaired) electrons. The first-order valence-electron chi connectivity index (χ1n) is 9.26. The number of nitrogens with zero attached hydrogens (tertiary/aromatic N) is 2. The van der Waals surface area contributed by atoms with Gasteiger partial charge in [-0.3, -0.25) is 13.9 Å². The van der Waals surface area contributed by atoms with Crippen LogP contribution in [0.1, 0.15) is 10.4 Å². The molecule has 4 rings (SSSR count). The predicted molar refractivity (Wildman–Crippen MR) is 122 cm³/mol. The molecule has 0 aliphatic rings. The lowest BCUT2D eigenvalue weighted by Gasteiger charge is -2.13. The number of anilines is 1. The van der Waals surface area contributed by atoms with Gasteiger partial charge in [0, 0.05) is 24.1 Å². The minimum Gasteiger partial charge on any atom is -0.321 e. The van der Waals surface area contributed by atoms with Gasteiger partial charge in [0.25, 0.3) is 5.91 Å². The zero-order valence-corrected chi connectivity index (χ0v) is 19.1. The minimum atomic E-state index is -3.96. The number of carbonyl (C=O) groups is 1. The van der Waals surface area contributed by atoms with E-state index in [-0.39, 0.29) is 21.2 Å². The Kier molecular flexibility index (Phi) is 5.32. The van der Waals surface area contributed by atoms with Crippen molar-refractivity contribution in [3.8, 4) is 0 Å². The number of sulfone groups is 1. The van der Waals surface area contributed by atoms with Crippen molar-refractivity contribution in [2.75, 3.05) is 5.32 Å². The summed E-state index contributed by atoms with van der Waals surface area (Å²) in [7, 11) is -0.796. The van der Waals surface area contributed by atoms with Gasteiger partial charge in [-0.05, 0) is 48.5 Å². The number of benzene rings is 3. The SMILES string of the molecule is Cn1c(=O)n(C)c2cc(S(=O)(=O)c3ccccc3)c(NC(=O)c3ccc(Br)cc3)cc21. The molecule has 1 aromatic heterocycles. The van der Waals surface area contributed by atoms with Gasteiger partial charge in [-0.15, -0.1) is 0 Å². The number of aromatic nitrogens is 2. The second kappa shape index (κ2) is 7.82. The Balaban J connectivity index is 1.93. The largest absolute Gasteiger partial charge is 0.328 e. The summed E-state index contributed by atoms with van der Waals surface area (Å²) in [4.78, 5) is 25.2. The Morgan fingerprint density at radius 2 is 1.48 bits per heavy atom. The van der Waals surface area contributed by atoms with Crippen LogP contribution in [0.3, 0.4) is 0 Å². The Labute approximate surface area is 187 Å². The maximum atomic E-state index is 13.4. The third-order valence-electron chi connectivity index (χ3n) is 5.07. The summed E-state index contributed by atoms with van der Waals surface area (Å²) in [6.07, 6.45) is 0. The maximum Gasteiger partial charge on any atom is 0.328 e. The molecule has 0 fully saturated rings. The van der Waals surface area contributed by atoms with E-state index in [2.05, 4.69) is 21.2 Å². The fraction of sp³-hybridized carbons (Fsp3) is 0.0909. The Morgan fingerprint density at radius 1 is 0.903 bits per heavy atom. The minimum absolute atomic E-state index is 0.0853. The molecule has 0 bridgehead atoms. The summed E-state index contributed by atoms with van der Waals surface area (Å²) in [6.45, 7) is 0. The Morgan fingerprint density at radius 3 is 2.10 bits per heavy atom. The number of amides is 1. The molecule has 0 saturated carbocycles. The van der Waals surface area contributed by atoms with Gasteiger partial charge < -0.3 is 5.32 Å². The Hall–Kier alpha value is -3.17. The molecular weight excluding hydrogens is 482 g/mol. The summed E-state index contributed by atoms with van der Waals surface area (Å²) >= 11 is 3.32. The monoisotopic (exact) mass is 499 g/mol. The van der Waals surface area contributed by atoms with Gasteiger partial charge >= 0.3 is 5.69 Å². The van der Waals surface area contributed by atoms with Crippen LogP contribution >= 0.6 is 15.9 Å². The number of rotatable bonds is 4. The molecule has 0 unspecified atom stereocenters. The number of aryl methyl sites for hydroxylation is 2. The van der Waals surface area contributed by atoms with Crippen LogP contribution in [0.2, 0.25) is 0 Å². The second-order valence-corrected chi connectivity index (χ2v) is 9.85. The van der Waals surface area contributed by atoms with Crippen LogP contribution < -0.4 is 11.0 Å². The van der Waals surface area contributed by atoms with Crippen LogP contribution in [-0.2, 0) is 23.9 Å². The molecule has 0 spiro atoms. The molecule has 158 valence electrons. The van der Waals surface area contributed by atoms with E-state index >= 15 is 0 Å². The summed E-state index contributed by atoms with van der Waals surface area (Å²) in [5.74, 6) is -0.461. The van der Waals surface area contributed by atoms with Crippen LogP contribution in [-0.4, -0.2) is 23.5 Å². The first-order chi connectivity index (χ1) is 14.7. The van der Waals surface area contributed by atoms with Gasteiger partial charge in [-0.2, -0.15) is 0 Å². The second-order valence-electron chi connectivity index (χ2n) is 7.02. The molecule has 7 nitrogen and oxygen atoms in total. The van der Waals surface area contributed by atoms with Crippen molar-refractivity contribution in [2.24, 2.45) is 14.1 Å². The number of hydrogen-bond acceptors (Lipinski definition) is 4. The van der Waals surface area contributed by atoms with Gasteiger partial charge in [0.2, 0.25) is 9.84 Å². The molecule has 4 aromatic rings. The van der Waals surface area contributed by atoms with E-state index in [9.17, 15) is 18.0 Å². The van der Waals surface area contributed by atoms with E-state index in [0.29, 0.717) is 16.6 Å². The summed E-state index contributed by atoms with van der Waals surface area (Å²) in [5, 5.41) is 2.71. The predicted octanol–water partition coefficient (Wildman–Crippen LogP) is 3.72. The van der Waals surface area contributed by atoms with Crippen molar-refractivity contribution in [1.29, 1.82) is 0 Å². The average molecular weight is 500 g/mol. The highest BCUT2D eigenvalue weighted by atomic mass is 79.9. The lowest BCUT2D eigenvalue weighted by atomic mass is 10.2. The fourth-order valence-corrected chi connectivity index (χ4v) is 5.07. The van der Waals surface area contributed by atoms with Crippen molar-refractivity contribution >= 4 is 48.4 Å². The number of fused-ring (bicyclic) bond motifs is 1. The number of imidazole rings is 1. The van der Waals surface area contributed by atoms with Gasteiger partial charge in [0.15, 0.2) is 0 Å². The van der Waals surface area contributed by atoms with E-state index in [1.165, 1.54) is 33.4 Å². The van der Waals surface area contributed by atoms with Crippen LogP contribution in [0.5, 0.6) is 0 Å².